The molecule has 28 heavy (non-hydrogen) atoms. The molecule has 0 amide bonds. The fraction of sp³-hybridized carbons (Fsp3) is 0.150. The average molecular weight is 405 g/mol. The third kappa shape index (κ3) is 4.04. The molecule has 6 nitrogen and oxygen atoms in total. The Balaban J connectivity index is 1.33. The number of furan rings is 1. The van der Waals surface area contributed by atoms with Crippen LogP contribution in [0.5, 0.6) is 17.2 Å². The zero-order chi connectivity index (χ0) is 19.5. The molecule has 2 heterocycles. The Bertz CT molecular complexity index is 998. The van der Waals surface area contributed by atoms with Crippen molar-refractivity contribution in [3.05, 3.63) is 76.5 Å². The monoisotopic (exact) mass is 404 g/mol. The predicted molar refractivity (Wildman–Crippen MR) is 96.1 cm³/mol. The van der Waals surface area contributed by atoms with Gasteiger partial charge in [-0.3, -0.25) is 0 Å². The fourth-order valence-electron chi connectivity index (χ4n) is 2.57. The summed E-state index contributed by atoms with van der Waals surface area (Å²) >= 11 is 6.11. The summed E-state index contributed by atoms with van der Waals surface area (Å²) in [6.45, 7) is 0.196. The molecule has 144 valence electrons. The van der Waals surface area contributed by atoms with Crippen molar-refractivity contribution < 1.29 is 32.5 Å². The molecule has 0 aliphatic carbocycles. The summed E-state index contributed by atoms with van der Waals surface area (Å²) in [5.74, 6) is 0.986. The Kier molecular flexibility index (Phi) is 5.08. The lowest BCUT2D eigenvalue weighted by Gasteiger charge is -2.06. The van der Waals surface area contributed by atoms with Crippen LogP contribution in [0.4, 0.5) is 4.39 Å². The molecule has 0 atom stereocenters. The van der Waals surface area contributed by atoms with Crippen LogP contribution in [0.3, 0.4) is 0 Å². The van der Waals surface area contributed by atoms with Crippen molar-refractivity contribution in [1.82, 2.24) is 0 Å². The summed E-state index contributed by atoms with van der Waals surface area (Å²) in [6.07, 6.45) is 0. The van der Waals surface area contributed by atoms with Crippen molar-refractivity contribution in [2.75, 3.05) is 6.79 Å². The molecule has 0 unspecified atom stereocenters. The summed E-state index contributed by atoms with van der Waals surface area (Å²) in [6, 6.07) is 12.0. The number of carbonyl (C=O) groups is 1. The third-order valence-electron chi connectivity index (χ3n) is 3.91. The highest BCUT2D eigenvalue weighted by Crippen LogP contribution is 2.39. The SMILES string of the molecule is O=C(OCc1cc(Cl)c2c(c1)OCO2)c1ccc(COc2ccc(F)cc2)o1. The first-order chi connectivity index (χ1) is 13.6. The summed E-state index contributed by atoms with van der Waals surface area (Å²) in [7, 11) is 0. The number of hydrogen-bond donors (Lipinski definition) is 0. The van der Waals surface area contributed by atoms with Crippen molar-refractivity contribution in [3.8, 4) is 17.2 Å². The Hall–Kier alpha value is -3.19. The van der Waals surface area contributed by atoms with Crippen molar-refractivity contribution in [1.29, 1.82) is 0 Å². The van der Waals surface area contributed by atoms with Gasteiger partial charge >= 0.3 is 5.97 Å². The van der Waals surface area contributed by atoms with E-state index in [1.165, 1.54) is 30.3 Å². The van der Waals surface area contributed by atoms with Crippen LogP contribution in [-0.2, 0) is 18.0 Å². The van der Waals surface area contributed by atoms with E-state index < -0.39 is 5.97 Å². The normalized spacial score (nSPS) is 12.1. The summed E-state index contributed by atoms with van der Waals surface area (Å²) in [5, 5.41) is 0.388. The number of ether oxygens (including phenoxy) is 4. The van der Waals surface area contributed by atoms with E-state index in [0.29, 0.717) is 33.6 Å². The van der Waals surface area contributed by atoms with E-state index in [1.807, 2.05) is 0 Å². The maximum Gasteiger partial charge on any atom is 0.374 e. The van der Waals surface area contributed by atoms with Gasteiger partial charge in [0.05, 0.1) is 5.02 Å². The highest BCUT2D eigenvalue weighted by atomic mass is 35.5. The van der Waals surface area contributed by atoms with Crippen LogP contribution in [0.2, 0.25) is 5.02 Å². The molecule has 0 spiro atoms. The molecule has 1 aliphatic heterocycles. The molecule has 0 N–H and O–H groups in total. The lowest BCUT2D eigenvalue weighted by Crippen LogP contribution is -2.04. The molecule has 1 aliphatic rings. The van der Waals surface area contributed by atoms with Crippen molar-refractivity contribution in [2.45, 2.75) is 13.2 Å². The Labute approximate surface area is 164 Å². The van der Waals surface area contributed by atoms with E-state index in [2.05, 4.69) is 0 Å². The minimum atomic E-state index is -0.623. The number of benzene rings is 2. The smallest absolute Gasteiger partial charge is 0.374 e. The average Bonchev–Trinajstić information content (AvgIpc) is 3.35. The van der Waals surface area contributed by atoms with Crippen LogP contribution >= 0.6 is 11.6 Å². The van der Waals surface area contributed by atoms with Gasteiger partial charge in [-0.1, -0.05) is 11.6 Å². The van der Waals surface area contributed by atoms with Crippen LogP contribution in [-0.4, -0.2) is 12.8 Å². The summed E-state index contributed by atoms with van der Waals surface area (Å²) in [4.78, 5) is 12.2. The van der Waals surface area contributed by atoms with Crippen LogP contribution in [0.1, 0.15) is 21.9 Å². The molecule has 8 heteroatoms. The first kappa shape index (κ1) is 18.2. The first-order valence-corrected chi connectivity index (χ1v) is 8.68. The van der Waals surface area contributed by atoms with Gasteiger partial charge in [0.2, 0.25) is 12.6 Å². The number of carbonyl (C=O) groups excluding carboxylic acids is 1. The van der Waals surface area contributed by atoms with E-state index >= 15 is 0 Å². The lowest BCUT2D eigenvalue weighted by molar-refractivity contribution is 0.0432. The molecule has 0 saturated heterocycles. The van der Waals surface area contributed by atoms with E-state index in [1.54, 1.807) is 18.2 Å². The second kappa shape index (κ2) is 7.82. The number of esters is 1. The van der Waals surface area contributed by atoms with Crippen molar-refractivity contribution in [2.24, 2.45) is 0 Å². The largest absolute Gasteiger partial charge is 0.486 e. The van der Waals surface area contributed by atoms with Gasteiger partial charge in [0, 0.05) is 0 Å². The van der Waals surface area contributed by atoms with E-state index in [4.69, 9.17) is 35.0 Å². The molecule has 0 radical (unpaired) electrons. The minimum Gasteiger partial charge on any atom is -0.486 e. The van der Waals surface area contributed by atoms with Gasteiger partial charge in [-0.05, 0) is 54.1 Å². The van der Waals surface area contributed by atoms with Gasteiger partial charge in [-0.25, -0.2) is 9.18 Å². The quantitative estimate of drug-likeness (QED) is 0.553. The second-order valence-corrected chi connectivity index (χ2v) is 6.30. The highest BCUT2D eigenvalue weighted by Gasteiger charge is 2.19. The number of fused-ring (bicyclic) bond motifs is 1. The Morgan fingerprint density at radius 3 is 2.71 bits per heavy atom. The van der Waals surface area contributed by atoms with Gasteiger partial charge in [0.25, 0.3) is 0 Å². The number of hydrogen-bond acceptors (Lipinski definition) is 6. The molecule has 4 rings (SSSR count). The number of rotatable bonds is 6. The highest BCUT2D eigenvalue weighted by molar-refractivity contribution is 6.32. The van der Waals surface area contributed by atoms with Crippen molar-refractivity contribution in [3.63, 3.8) is 0 Å². The van der Waals surface area contributed by atoms with E-state index in [-0.39, 0.29) is 31.6 Å². The second-order valence-electron chi connectivity index (χ2n) is 5.90. The predicted octanol–water partition coefficient (Wildman–Crippen LogP) is 4.74. The molecule has 0 fully saturated rings. The van der Waals surface area contributed by atoms with Crippen LogP contribution in [0, 0.1) is 5.82 Å². The zero-order valence-corrected chi connectivity index (χ0v) is 15.2. The van der Waals surface area contributed by atoms with Gasteiger partial charge in [0.15, 0.2) is 11.5 Å². The topological polar surface area (TPSA) is 67.1 Å². The molecular formula is C20H14ClFO6. The molecule has 2 aromatic carbocycles. The molecule has 1 aromatic heterocycles. The van der Waals surface area contributed by atoms with Crippen molar-refractivity contribution >= 4 is 17.6 Å². The maximum atomic E-state index is 12.9. The van der Waals surface area contributed by atoms with Crippen LogP contribution < -0.4 is 14.2 Å². The van der Waals surface area contributed by atoms with E-state index in [9.17, 15) is 9.18 Å². The van der Waals surface area contributed by atoms with Gasteiger partial charge in [0.1, 0.15) is 30.5 Å². The van der Waals surface area contributed by atoms with Gasteiger partial charge in [-0.15, -0.1) is 0 Å². The Morgan fingerprint density at radius 2 is 1.89 bits per heavy atom. The Morgan fingerprint density at radius 1 is 1.07 bits per heavy atom. The molecule has 3 aromatic rings. The summed E-state index contributed by atoms with van der Waals surface area (Å²) in [5.41, 5.74) is 0.661. The number of halogens is 2. The van der Waals surface area contributed by atoms with Crippen LogP contribution in [0.15, 0.2) is 52.9 Å². The molecule has 0 saturated carbocycles. The van der Waals surface area contributed by atoms with E-state index in [0.717, 1.165) is 0 Å². The first-order valence-electron chi connectivity index (χ1n) is 8.31. The molecular weight excluding hydrogens is 391 g/mol. The zero-order valence-electron chi connectivity index (χ0n) is 14.4. The third-order valence-corrected chi connectivity index (χ3v) is 4.20. The summed E-state index contributed by atoms with van der Waals surface area (Å²) < 4.78 is 39.6. The lowest BCUT2D eigenvalue weighted by atomic mass is 10.2. The molecule has 0 bridgehead atoms. The van der Waals surface area contributed by atoms with Crippen LogP contribution in [0.25, 0.3) is 0 Å². The van der Waals surface area contributed by atoms with Gasteiger partial charge in [-0.2, -0.15) is 0 Å². The maximum absolute atomic E-state index is 12.9. The minimum absolute atomic E-state index is 0.00267. The standard InChI is InChI=1S/C20H14ClFO6/c21-16-7-12(8-18-19(16)27-11-26-18)9-25-20(23)17-6-5-15(28-17)10-24-14-3-1-13(22)2-4-14/h1-8H,9-11H2. The fourth-order valence-corrected chi connectivity index (χ4v) is 2.86. The van der Waals surface area contributed by atoms with Gasteiger partial charge < -0.3 is 23.4 Å².